The largest absolute Gasteiger partial charge is 0.314 e. The monoisotopic (exact) mass is 235 g/mol. The highest BCUT2D eigenvalue weighted by Gasteiger charge is 2.12. The summed E-state index contributed by atoms with van der Waals surface area (Å²) in [5.41, 5.74) is 0.914. The number of rotatable bonds is 6. The van der Waals surface area contributed by atoms with E-state index in [1.807, 2.05) is 19.1 Å². The molecule has 0 unspecified atom stereocenters. The molecule has 1 rings (SSSR count). The maximum absolute atomic E-state index is 12.0. The maximum atomic E-state index is 12.0. The fourth-order valence-corrected chi connectivity index (χ4v) is 1.63. The summed E-state index contributed by atoms with van der Waals surface area (Å²) in [4.78, 5) is 17.8. The van der Waals surface area contributed by atoms with E-state index in [9.17, 15) is 4.79 Å². The van der Waals surface area contributed by atoms with Crippen LogP contribution in [0.15, 0.2) is 24.5 Å². The van der Waals surface area contributed by atoms with Gasteiger partial charge in [0.05, 0.1) is 0 Å². The Kier molecular flexibility index (Phi) is 5.63. The first-order valence-corrected chi connectivity index (χ1v) is 6.09. The molecule has 0 saturated carbocycles. The Balaban J connectivity index is 2.53. The van der Waals surface area contributed by atoms with E-state index < -0.39 is 0 Å². The van der Waals surface area contributed by atoms with Gasteiger partial charge in [0.15, 0.2) is 0 Å². The Labute approximate surface area is 103 Å². The van der Waals surface area contributed by atoms with Crippen molar-refractivity contribution in [3.63, 3.8) is 0 Å². The second kappa shape index (κ2) is 7.01. The molecule has 0 atom stereocenters. The number of amides is 1. The van der Waals surface area contributed by atoms with Crippen molar-refractivity contribution in [2.75, 3.05) is 18.0 Å². The fourth-order valence-electron chi connectivity index (χ4n) is 1.63. The van der Waals surface area contributed by atoms with Crippen LogP contribution < -0.4 is 10.2 Å². The van der Waals surface area contributed by atoms with Crippen molar-refractivity contribution in [3.8, 4) is 0 Å². The van der Waals surface area contributed by atoms with Gasteiger partial charge in [0.25, 0.3) is 0 Å². The molecule has 0 fully saturated rings. The third kappa shape index (κ3) is 4.53. The lowest BCUT2D eigenvalue weighted by Gasteiger charge is -2.21. The first-order chi connectivity index (χ1) is 8.15. The van der Waals surface area contributed by atoms with E-state index >= 15 is 0 Å². The minimum absolute atomic E-state index is 0.145. The molecule has 0 aliphatic carbocycles. The van der Waals surface area contributed by atoms with Gasteiger partial charge in [0.1, 0.15) is 0 Å². The van der Waals surface area contributed by atoms with Gasteiger partial charge >= 0.3 is 0 Å². The van der Waals surface area contributed by atoms with E-state index in [2.05, 4.69) is 24.1 Å². The predicted octanol–water partition coefficient (Wildman–Crippen LogP) is 1.82. The van der Waals surface area contributed by atoms with Gasteiger partial charge in [-0.1, -0.05) is 13.8 Å². The molecule has 1 aromatic heterocycles. The van der Waals surface area contributed by atoms with E-state index in [4.69, 9.17) is 0 Å². The summed E-state index contributed by atoms with van der Waals surface area (Å²) >= 11 is 0. The van der Waals surface area contributed by atoms with Crippen molar-refractivity contribution in [3.05, 3.63) is 24.5 Å². The highest BCUT2D eigenvalue weighted by Crippen LogP contribution is 2.12. The molecule has 0 spiro atoms. The standard InChI is InChI=1S/C13H21N3O/c1-4-16(12-5-8-14-9-6-12)13(17)7-10-15-11(2)3/h5-6,8-9,11,15H,4,7,10H2,1-3H3. The van der Waals surface area contributed by atoms with E-state index in [-0.39, 0.29) is 5.91 Å². The van der Waals surface area contributed by atoms with Gasteiger partial charge in [0, 0.05) is 43.6 Å². The summed E-state index contributed by atoms with van der Waals surface area (Å²) in [5.74, 6) is 0.145. The summed E-state index contributed by atoms with van der Waals surface area (Å²) in [6.07, 6.45) is 3.93. The Morgan fingerprint density at radius 2 is 2.06 bits per heavy atom. The molecule has 0 bridgehead atoms. The number of carbonyl (C=O) groups excluding carboxylic acids is 1. The number of hydrogen-bond donors (Lipinski definition) is 1. The Hall–Kier alpha value is -1.42. The minimum Gasteiger partial charge on any atom is -0.314 e. The third-order valence-corrected chi connectivity index (χ3v) is 2.48. The lowest BCUT2D eigenvalue weighted by Crippen LogP contribution is -2.34. The molecule has 0 radical (unpaired) electrons. The molecule has 1 aromatic rings. The highest BCUT2D eigenvalue weighted by atomic mass is 16.2. The Bertz CT molecular complexity index is 338. The van der Waals surface area contributed by atoms with E-state index in [0.29, 0.717) is 19.0 Å². The normalized spacial score (nSPS) is 10.6. The molecular formula is C13H21N3O. The van der Waals surface area contributed by atoms with Crippen LogP contribution in [-0.2, 0) is 4.79 Å². The van der Waals surface area contributed by atoms with Crippen LogP contribution in [0, 0.1) is 0 Å². The summed E-state index contributed by atoms with van der Waals surface area (Å²) in [7, 11) is 0. The zero-order chi connectivity index (χ0) is 12.7. The van der Waals surface area contributed by atoms with Crippen molar-refractivity contribution >= 4 is 11.6 Å². The number of nitrogens with one attached hydrogen (secondary N) is 1. The van der Waals surface area contributed by atoms with Crippen LogP contribution in [0.1, 0.15) is 27.2 Å². The van der Waals surface area contributed by atoms with Gasteiger partial charge in [-0.15, -0.1) is 0 Å². The van der Waals surface area contributed by atoms with Crippen molar-refractivity contribution in [2.24, 2.45) is 0 Å². The van der Waals surface area contributed by atoms with Gasteiger partial charge in [-0.3, -0.25) is 9.78 Å². The van der Waals surface area contributed by atoms with Crippen molar-refractivity contribution < 1.29 is 4.79 Å². The zero-order valence-corrected chi connectivity index (χ0v) is 10.8. The summed E-state index contributed by atoms with van der Waals surface area (Å²) in [6.45, 7) is 7.53. The quantitative estimate of drug-likeness (QED) is 0.818. The number of anilines is 1. The van der Waals surface area contributed by atoms with E-state index in [1.165, 1.54) is 0 Å². The number of hydrogen-bond acceptors (Lipinski definition) is 3. The molecule has 0 aliphatic heterocycles. The first-order valence-electron chi connectivity index (χ1n) is 6.09. The second-order valence-electron chi connectivity index (χ2n) is 4.20. The van der Waals surface area contributed by atoms with Crippen LogP contribution >= 0.6 is 0 Å². The average molecular weight is 235 g/mol. The molecule has 94 valence electrons. The van der Waals surface area contributed by atoms with Crippen molar-refractivity contribution in [1.29, 1.82) is 0 Å². The zero-order valence-electron chi connectivity index (χ0n) is 10.8. The lowest BCUT2D eigenvalue weighted by atomic mass is 10.3. The Morgan fingerprint density at radius 3 is 2.59 bits per heavy atom. The molecule has 0 aromatic carbocycles. The lowest BCUT2D eigenvalue weighted by molar-refractivity contribution is -0.118. The van der Waals surface area contributed by atoms with Crippen LogP contribution in [0.4, 0.5) is 5.69 Å². The number of aromatic nitrogens is 1. The maximum Gasteiger partial charge on any atom is 0.228 e. The topological polar surface area (TPSA) is 45.2 Å². The molecular weight excluding hydrogens is 214 g/mol. The second-order valence-corrected chi connectivity index (χ2v) is 4.20. The minimum atomic E-state index is 0.145. The molecule has 4 heteroatoms. The molecule has 0 saturated heterocycles. The van der Waals surface area contributed by atoms with Crippen LogP contribution in [-0.4, -0.2) is 30.0 Å². The molecule has 1 N–H and O–H groups in total. The number of pyridine rings is 1. The number of nitrogens with zero attached hydrogens (tertiary/aromatic N) is 2. The predicted molar refractivity (Wildman–Crippen MR) is 70.0 cm³/mol. The fraction of sp³-hybridized carbons (Fsp3) is 0.538. The molecule has 0 aliphatic rings. The van der Waals surface area contributed by atoms with Gasteiger partial charge in [-0.2, -0.15) is 0 Å². The molecule has 4 nitrogen and oxygen atoms in total. The van der Waals surface area contributed by atoms with Crippen LogP contribution in [0.25, 0.3) is 0 Å². The van der Waals surface area contributed by atoms with Crippen LogP contribution in [0.5, 0.6) is 0 Å². The third-order valence-electron chi connectivity index (χ3n) is 2.48. The molecule has 1 heterocycles. The van der Waals surface area contributed by atoms with Crippen molar-refractivity contribution in [1.82, 2.24) is 10.3 Å². The summed E-state index contributed by atoms with van der Waals surface area (Å²) < 4.78 is 0. The Morgan fingerprint density at radius 1 is 1.41 bits per heavy atom. The smallest absolute Gasteiger partial charge is 0.228 e. The van der Waals surface area contributed by atoms with Crippen LogP contribution in [0.3, 0.4) is 0 Å². The molecule has 17 heavy (non-hydrogen) atoms. The summed E-state index contributed by atoms with van der Waals surface area (Å²) in [5, 5.41) is 3.25. The average Bonchev–Trinajstić information content (AvgIpc) is 2.31. The van der Waals surface area contributed by atoms with Gasteiger partial charge in [0.2, 0.25) is 5.91 Å². The first kappa shape index (κ1) is 13.6. The number of carbonyl (C=O) groups is 1. The van der Waals surface area contributed by atoms with Crippen LogP contribution in [0.2, 0.25) is 0 Å². The highest BCUT2D eigenvalue weighted by molar-refractivity contribution is 5.93. The van der Waals surface area contributed by atoms with Crippen molar-refractivity contribution in [2.45, 2.75) is 33.2 Å². The van der Waals surface area contributed by atoms with Gasteiger partial charge in [-0.25, -0.2) is 0 Å². The molecule has 1 amide bonds. The van der Waals surface area contributed by atoms with E-state index in [1.54, 1.807) is 17.3 Å². The van der Waals surface area contributed by atoms with Gasteiger partial charge in [-0.05, 0) is 19.1 Å². The summed E-state index contributed by atoms with van der Waals surface area (Å²) in [6, 6.07) is 4.13. The van der Waals surface area contributed by atoms with Gasteiger partial charge < -0.3 is 10.2 Å². The SMILES string of the molecule is CCN(C(=O)CCNC(C)C)c1ccncc1. The van der Waals surface area contributed by atoms with E-state index in [0.717, 1.165) is 12.2 Å².